The number of nitrogens with zero attached hydrogens (tertiary/aromatic N) is 1. The molecule has 5 nitrogen and oxygen atoms in total. The number of hydrogen-bond donors (Lipinski definition) is 1. The molecule has 2 rings (SSSR count). The molecule has 0 atom stereocenters. The fourth-order valence-corrected chi connectivity index (χ4v) is 3.21. The van der Waals surface area contributed by atoms with Gasteiger partial charge in [0.05, 0.1) is 10.6 Å². The molecule has 0 spiro atoms. The van der Waals surface area contributed by atoms with E-state index < -0.39 is 9.84 Å². The van der Waals surface area contributed by atoms with E-state index in [1.165, 1.54) is 22.9 Å². The molecule has 20 heavy (non-hydrogen) atoms. The minimum atomic E-state index is -3.30. The summed E-state index contributed by atoms with van der Waals surface area (Å²) in [4.78, 5) is 11.9. The number of anilines is 1. The molecule has 0 aliphatic rings. The minimum absolute atomic E-state index is 0.00173. The maximum Gasteiger partial charge on any atom is 0.250 e. The first kappa shape index (κ1) is 14.3. The van der Waals surface area contributed by atoms with E-state index in [0.717, 1.165) is 0 Å². The van der Waals surface area contributed by atoms with Gasteiger partial charge in [0.1, 0.15) is 0 Å². The van der Waals surface area contributed by atoms with Crippen LogP contribution in [0.5, 0.6) is 0 Å². The number of nitrogen functional groups attached to an aromatic ring is 1. The van der Waals surface area contributed by atoms with Crippen LogP contribution in [-0.2, 0) is 16.4 Å². The average molecular weight is 292 g/mol. The number of pyridine rings is 1. The predicted octanol–water partition coefficient (Wildman–Crippen LogP) is 1.29. The molecule has 0 radical (unpaired) electrons. The van der Waals surface area contributed by atoms with Crippen LogP contribution in [0.2, 0.25) is 0 Å². The maximum absolute atomic E-state index is 12.1. The van der Waals surface area contributed by atoms with E-state index in [-0.39, 0.29) is 11.3 Å². The number of sulfone groups is 1. The fraction of sp³-hybridized carbons (Fsp3) is 0.214. The third-order valence-electron chi connectivity index (χ3n) is 2.92. The third-order valence-corrected chi connectivity index (χ3v) is 4.74. The Morgan fingerprint density at radius 2 is 1.75 bits per heavy atom. The van der Waals surface area contributed by atoms with Crippen molar-refractivity contribution in [1.82, 2.24) is 4.57 Å². The predicted molar refractivity (Wildman–Crippen MR) is 78.2 cm³/mol. The van der Waals surface area contributed by atoms with Gasteiger partial charge in [0.15, 0.2) is 9.84 Å². The van der Waals surface area contributed by atoms with E-state index in [9.17, 15) is 13.2 Å². The summed E-state index contributed by atoms with van der Waals surface area (Å²) in [5.41, 5.74) is 5.90. The first-order chi connectivity index (χ1) is 9.49. The van der Waals surface area contributed by atoms with Crippen molar-refractivity contribution < 1.29 is 8.42 Å². The number of aromatic nitrogens is 1. The molecular formula is C14H16N2O3S. The lowest BCUT2D eigenvalue weighted by atomic mass is 10.4. The van der Waals surface area contributed by atoms with E-state index in [2.05, 4.69) is 0 Å². The van der Waals surface area contributed by atoms with Crippen LogP contribution in [0.25, 0.3) is 0 Å². The van der Waals surface area contributed by atoms with Crippen molar-refractivity contribution in [3.05, 3.63) is 59.0 Å². The summed E-state index contributed by atoms with van der Waals surface area (Å²) in [7, 11) is -3.30. The molecule has 1 aromatic carbocycles. The highest BCUT2D eigenvalue weighted by atomic mass is 32.2. The van der Waals surface area contributed by atoms with Gasteiger partial charge in [0.2, 0.25) is 0 Å². The molecule has 0 fully saturated rings. The lowest BCUT2D eigenvalue weighted by molar-refractivity contribution is 0.584. The Labute approximate surface area is 117 Å². The smallest absolute Gasteiger partial charge is 0.250 e. The van der Waals surface area contributed by atoms with Crippen molar-refractivity contribution in [2.24, 2.45) is 0 Å². The average Bonchev–Trinajstić information content (AvgIpc) is 2.43. The highest BCUT2D eigenvalue weighted by Crippen LogP contribution is 2.11. The Kier molecular flexibility index (Phi) is 4.24. The highest BCUT2D eigenvalue weighted by molar-refractivity contribution is 7.91. The van der Waals surface area contributed by atoms with Crippen molar-refractivity contribution in [3.8, 4) is 0 Å². The first-order valence-corrected chi connectivity index (χ1v) is 7.88. The fourth-order valence-electron chi connectivity index (χ4n) is 1.90. The third kappa shape index (κ3) is 3.48. The van der Waals surface area contributed by atoms with Crippen molar-refractivity contribution >= 4 is 15.5 Å². The number of nitrogens with two attached hydrogens (primary N) is 1. The monoisotopic (exact) mass is 292 g/mol. The van der Waals surface area contributed by atoms with Crippen LogP contribution in [0.3, 0.4) is 0 Å². The van der Waals surface area contributed by atoms with E-state index in [4.69, 9.17) is 5.73 Å². The van der Waals surface area contributed by atoms with Crippen molar-refractivity contribution in [1.29, 1.82) is 0 Å². The van der Waals surface area contributed by atoms with E-state index in [1.54, 1.807) is 30.3 Å². The van der Waals surface area contributed by atoms with Crippen molar-refractivity contribution in [2.45, 2.75) is 17.9 Å². The normalized spacial score (nSPS) is 11.4. The standard InChI is InChI=1S/C14H16N2O3S/c15-12-7-8-14(17)16(11-12)9-4-10-20(18,19)13-5-2-1-3-6-13/h1-3,5-8,11H,4,9-10,15H2. The zero-order chi connectivity index (χ0) is 14.6. The lowest BCUT2D eigenvalue weighted by Crippen LogP contribution is -2.20. The molecule has 0 saturated heterocycles. The van der Waals surface area contributed by atoms with Crippen LogP contribution < -0.4 is 11.3 Å². The molecule has 1 heterocycles. The number of benzene rings is 1. The Hall–Kier alpha value is -2.08. The zero-order valence-electron chi connectivity index (χ0n) is 10.9. The minimum Gasteiger partial charge on any atom is -0.398 e. The van der Waals surface area contributed by atoms with Gasteiger partial charge in [-0.1, -0.05) is 18.2 Å². The Bertz CT molecular complexity index is 737. The molecular weight excluding hydrogens is 276 g/mol. The first-order valence-electron chi connectivity index (χ1n) is 6.23. The summed E-state index contributed by atoms with van der Waals surface area (Å²) < 4.78 is 25.6. The molecule has 106 valence electrons. The van der Waals surface area contributed by atoms with Gasteiger partial charge in [0.25, 0.3) is 5.56 Å². The zero-order valence-corrected chi connectivity index (χ0v) is 11.7. The molecule has 0 unspecified atom stereocenters. The Morgan fingerprint density at radius 1 is 1.05 bits per heavy atom. The second-order valence-corrected chi connectivity index (χ2v) is 6.59. The van der Waals surface area contributed by atoms with E-state index in [0.29, 0.717) is 23.5 Å². The summed E-state index contributed by atoms with van der Waals surface area (Å²) in [5.74, 6) is -0.00173. The van der Waals surface area contributed by atoms with Crippen LogP contribution in [0, 0.1) is 0 Å². The molecule has 6 heteroatoms. The largest absolute Gasteiger partial charge is 0.398 e. The van der Waals surface area contributed by atoms with Gasteiger partial charge in [-0.2, -0.15) is 0 Å². The second kappa shape index (κ2) is 5.92. The number of rotatable bonds is 5. The summed E-state index contributed by atoms with van der Waals surface area (Å²) in [6, 6.07) is 11.2. The topological polar surface area (TPSA) is 82.2 Å². The van der Waals surface area contributed by atoms with Crippen molar-refractivity contribution in [2.75, 3.05) is 11.5 Å². The molecule has 0 aliphatic carbocycles. The van der Waals surface area contributed by atoms with E-state index >= 15 is 0 Å². The summed E-state index contributed by atoms with van der Waals surface area (Å²) in [6.07, 6.45) is 1.89. The molecule has 0 saturated carbocycles. The van der Waals surface area contributed by atoms with Gasteiger partial charge >= 0.3 is 0 Å². The van der Waals surface area contributed by atoms with Gasteiger partial charge in [-0.15, -0.1) is 0 Å². The van der Waals surface area contributed by atoms with Crippen LogP contribution in [0.1, 0.15) is 6.42 Å². The van der Waals surface area contributed by atoms with Gasteiger partial charge in [-0.3, -0.25) is 4.79 Å². The molecule has 2 N–H and O–H groups in total. The maximum atomic E-state index is 12.1. The summed E-state index contributed by atoms with van der Waals surface area (Å²) in [6.45, 7) is 0.329. The second-order valence-electron chi connectivity index (χ2n) is 4.48. The molecule has 0 bridgehead atoms. The number of aryl methyl sites for hydroxylation is 1. The van der Waals surface area contributed by atoms with Crippen LogP contribution >= 0.6 is 0 Å². The Balaban J connectivity index is 2.03. The number of hydrogen-bond acceptors (Lipinski definition) is 4. The SMILES string of the molecule is Nc1ccc(=O)n(CCCS(=O)(=O)c2ccccc2)c1. The van der Waals surface area contributed by atoms with Gasteiger partial charge in [0, 0.05) is 24.5 Å². The molecule has 0 aliphatic heterocycles. The molecule has 0 amide bonds. The van der Waals surface area contributed by atoms with Gasteiger partial charge in [-0.05, 0) is 24.6 Å². The van der Waals surface area contributed by atoms with Gasteiger partial charge < -0.3 is 10.3 Å². The molecule has 1 aromatic heterocycles. The van der Waals surface area contributed by atoms with Crippen LogP contribution in [0.4, 0.5) is 5.69 Å². The Morgan fingerprint density at radius 3 is 2.45 bits per heavy atom. The quantitative estimate of drug-likeness (QED) is 0.900. The van der Waals surface area contributed by atoms with Gasteiger partial charge in [-0.25, -0.2) is 8.42 Å². The van der Waals surface area contributed by atoms with Crippen LogP contribution in [0.15, 0.2) is 58.4 Å². The van der Waals surface area contributed by atoms with Crippen molar-refractivity contribution in [3.63, 3.8) is 0 Å². The highest BCUT2D eigenvalue weighted by Gasteiger charge is 2.13. The van der Waals surface area contributed by atoms with Crippen LogP contribution in [-0.4, -0.2) is 18.7 Å². The summed E-state index contributed by atoms with van der Waals surface area (Å²) in [5, 5.41) is 0. The van der Waals surface area contributed by atoms with E-state index in [1.807, 2.05) is 0 Å². The summed E-state index contributed by atoms with van der Waals surface area (Å²) >= 11 is 0. The molecule has 2 aromatic rings. The lowest BCUT2D eigenvalue weighted by Gasteiger charge is -2.07.